The second-order valence-corrected chi connectivity index (χ2v) is 5.28. The minimum absolute atomic E-state index is 0.110. The number of aliphatic hydroxyl groups excluding tert-OH is 1. The van der Waals surface area contributed by atoms with Crippen LogP contribution < -0.4 is 5.32 Å². The standard InChI is InChI=1S/C15H23NO2/c1-11-6-15(7-12(2)18-11)16-9-13-4-3-5-14(8-13)10-17/h3-5,8,11-12,15-17H,6-7,9-10H2,1-2H3. The van der Waals surface area contributed by atoms with Crippen molar-refractivity contribution >= 4 is 0 Å². The first-order valence-electron chi connectivity index (χ1n) is 6.75. The van der Waals surface area contributed by atoms with Crippen LogP contribution in [0.3, 0.4) is 0 Å². The van der Waals surface area contributed by atoms with Crippen LogP contribution in [0.1, 0.15) is 37.8 Å². The van der Waals surface area contributed by atoms with Crippen molar-refractivity contribution < 1.29 is 9.84 Å². The quantitative estimate of drug-likeness (QED) is 0.859. The van der Waals surface area contributed by atoms with Crippen molar-refractivity contribution in [2.24, 2.45) is 0 Å². The summed E-state index contributed by atoms with van der Waals surface area (Å²) in [5.41, 5.74) is 2.20. The van der Waals surface area contributed by atoms with Gasteiger partial charge in [-0.25, -0.2) is 0 Å². The fraction of sp³-hybridized carbons (Fsp3) is 0.600. The van der Waals surface area contributed by atoms with Gasteiger partial charge in [0.25, 0.3) is 0 Å². The lowest BCUT2D eigenvalue weighted by Gasteiger charge is -2.32. The predicted molar refractivity (Wildman–Crippen MR) is 72.2 cm³/mol. The topological polar surface area (TPSA) is 41.5 Å². The molecule has 1 aliphatic rings. The number of hydrogen-bond acceptors (Lipinski definition) is 3. The second-order valence-electron chi connectivity index (χ2n) is 5.28. The largest absolute Gasteiger partial charge is 0.392 e. The Bertz CT molecular complexity index is 371. The van der Waals surface area contributed by atoms with Gasteiger partial charge >= 0.3 is 0 Å². The van der Waals surface area contributed by atoms with Gasteiger partial charge in [0.05, 0.1) is 18.8 Å². The summed E-state index contributed by atoms with van der Waals surface area (Å²) in [6.45, 7) is 5.24. The molecule has 3 nitrogen and oxygen atoms in total. The Morgan fingerprint density at radius 3 is 2.56 bits per heavy atom. The van der Waals surface area contributed by atoms with Crippen LogP contribution in [0.15, 0.2) is 24.3 Å². The van der Waals surface area contributed by atoms with Crippen LogP contribution >= 0.6 is 0 Å². The summed E-state index contributed by atoms with van der Waals surface area (Å²) in [5, 5.41) is 12.7. The molecule has 0 spiro atoms. The van der Waals surface area contributed by atoms with Crippen LogP contribution in [0.2, 0.25) is 0 Å². The van der Waals surface area contributed by atoms with E-state index in [1.165, 1.54) is 5.56 Å². The summed E-state index contributed by atoms with van der Waals surface area (Å²) in [4.78, 5) is 0. The summed E-state index contributed by atoms with van der Waals surface area (Å²) in [6.07, 6.45) is 2.83. The highest BCUT2D eigenvalue weighted by molar-refractivity contribution is 5.22. The highest BCUT2D eigenvalue weighted by Crippen LogP contribution is 2.19. The van der Waals surface area contributed by atoms with Crippen LogP contribution in [0.4, 0.5) is 0 Å². The number of benzene rings is 1. The van der Waals surface area contributed by atoms with Crippen molar-refractivity contribution in [2.75, 3.05) is 0 Å². The third-order valence-corrected chi connectivity index (χ3v) is 3.47. The first-order chi connectivity index (χ1) is 8.67. The molecule has 3 heteroatoms. The third-order valence-electron chi connectivity index (χ3n) is 3.47. The Hall–Kier alpha value is -0.900. The van der Waals surface area contributed by atoms with E-state index in [-0.39, 0.29) is 6.61 Å². The van der Waals surface area contributed by atoms with E-state index in [2.05, 4.69) is 31.3 Å². The minimum atomic E-state index is 0.110. The van der Waals surface area contributed by atoms with Crippen molar-refractivity contribution in [3.05, 3.63) is 35.4 Å². The van der Waals surface area contributed by atoms with Gasteiger partial charge < -0.3 is 15.2 Å². The van der Waals surface area contributed by atoms with E-state index in [1.54, 1.807) is 0 Å². The molecule has 1 saturated heterocycles. The van der Waals surface area contributed by atoms with Crippen LogP contribution in [-0.2, 0) is 17.9 Å². The number of hydrogen-bond donors (Lipinski definition) is 2. The van der Waals surface area contributed by atoms with Crippen molar-refractivity contribution in [1.29, 1.82) is 0 Å². The maximum atomic E-state index is 9.11. The van der Waals surface area contributed by atoms with E-state index >= 15 is 0 Å². The highest BCUT2D eigenvalue weighted by atomic mass is 16.5. The van der Waals surface area contributed by atoms with E-state index in [0.717, 1.165) is 24.9 Å². The fourth-order valence-corrected chi connectivity index (χ4v) is 2.67. The molecular weight excluding hydrogens is 226 g/mol. The smallest absolute Gasteiger partial charge is 0.0681 e. The minimum Gasteiger partial charge on any atom is -0.392 e. The number of rotatable bonds is 4. The van der Waals surface area contributed by atoms with E-state index in [1.807, 2.05) is 12.1 Å². The molecule has 0 radical (unpaired) electrons. The Balaban J connectivity index is 1.86. The molecule has 0 amide bonds. The molecule has 2 unspecified atom stereocenters. The molecule has 2 atom stereocenters. The van der Waals surface area contributed by atoms with Crippen LogP contribution in [0, 0.1) is 0 Å². The summed E-state index contributed by atoms with van der Waals surface area (Å²) in [7, 11) is 0. The number of ether oxygens (including phenoxy) is 1. The Morgan fingerprint density at radius 2 is 1.89 bits per heavy atom. The Morgan fingerprint density at radius 1 is 1.22 bits per heavy atom. The summed E-state index contributed by atoms with van der Waals surface area (Å²) in [5.74, 6) is 0. The zero-order valence-electron chi connectivity index (χ0n) is 11.2. The zero-order valence-corrected chi connectivity index (χ0v) is 11.2. The van der Waals surface area contributed by atoms with Gasteiger partial charge in [-0.1, -0.05) is 24.3 Å². The molecule has 1 aromatic rings. The van der Waals surface area contributed by atoms with Crippen molar-refractivity contribution in [1.82, 2.24) is 5.32 Å². The van der Waals surface area contributed by atoms with Gasteiger partial charge in [0.15, 0.2) is 0 Å². The van der Waals surface area contributed by atoms with Crippen LogP contribution in [0.5, 0.6) is 0 Å². The van der Waals surface area contributed by atoms with Gasteiger partial charge in [0.1, 0.15) is 0 Å². The molecule has 2 N–H and O–H groups in total. The molecule has 2 rings (SSSR count). The normalized spacial score (nSPS) is 28.3. The lowest BCUT2D eigenvalue weighted by atomic mass is 9.99. The molecule has 0 bridgehead atoms. The average Bonchev–Trinajstić information content (AvgIpc) is 2.35. The first kappa shape index (κ1) is 13.5. The molecule has 0 aliphatic carbocycles. The Labute approximate surface area is 109 Å². The van der Waals surface area contributed by atoms with Gasteiger partial charge in [-0.3, -0.25) is 0 Å². The summed E-state index contributed by atoms with van der Waals surface area (Å²) < 4.78 is 5.73. The van der Waals surface area contributed by atoms with Crippen molar-refractivity contribution in [3.8, 4) is 0 Å². The van der Waals surface area contributed by atoms with Gasteiger partial charge in [-0.2, -0.15) is 0 Å². The Kier molecular flexibility index (Phi) is 4.75. The van der Waals surface area contributed by atoms with Crippen LogP contribution in [0.25, 0.3) is 0 Å². The number of nitrogens with one attached hydrogen (secondary N) is 1. The van der Waals surface area contributed by atoms with E-state index < -0.39 is 0 Å². The van der Waals surface area contributed by atoms with Gasteiger partial charge in [0, 0.05) is 12.6 Å². The maximum Gasteiger partial charge on any atom is 0.0681 e. The van der Waals surface area contributed by atoms with Crippen molar-refractivity contribution in [2.45, 2.75) is 58.1 Å². The lowest BCUT2D eigenvalue weighted by Crippen LogP contribution is -2.40. The van der Waals surface area contributed by atoms with Crippen molar-refractivity contribution in [3.63, 3.8) is 0 Å². The fourth-order valence-electron chi connectivity index (χ4n) is 2.67. The van der Waals surface area contributed by atoms with E-state index in [4.69, 9.17) is 9.84 Å². The second kappa shape index (κ2) is 6.32. The molecular formula is C15H23NO2. The zero-order chi connectivity index (χ0) is 13.0. The monoisotopic (exact) mass is 249 g/mol. The summed E-state index contributed by atoms with van der Waals surface area (Å²) >= 11 is 0. The molecule has 0 saturated carbocycles. The van der Waals surface area contributed by atoms with E-state index in [0.29, 0.717) is 18.2 Å². The molecule has 1 heterocycles. The first-order valence-corrected chi connectivity index (χ1v) is 6.75. The maximum absolute atomic E-state index is 9.11. The van der Waals surface area contributed by atoms with Gasteiger partial charge in [0.2, 0.25) is 0 Å². The SMILES string of the molecule is CC1CC(NCc2cccc(CO)c2)CC(C)O1. The summed E-state index contributed by atoms with van der Waals surface area (Å²) in [6, 6.07) is 8.62. The van der Waals surface area contributed by atoms with E-state index in [9.17, 15) is 0 Å². The molecule has 1 aliphatic heterocycles. The molecule has 1 fully saturated rings. The molecule has 1 aromatic carbocycles. The molecule has 100 valence electrons. The highest BCUT2D eigenvalue weighted by Gasteiger charge is 2.23. The van der Waals surface area contributed by atoms with Gasteiger partial charge in [-0.05, 0) is 37.8 Å². The lowest BCUT2D eigenvalue weighted by molar-refractivity contribution is -0.0422. The van der Waals surface area contributed by atoms with Crippen LogP contribution in [-0.4, -0.2) is 23.4 Å². The predicted octanol–water partition coefficient (Wildman–Crippen LogP) is 2.22. The molecule has 0 aromatic heterocycles. The van der Waals surface area contributed by atoms with Gasteiger partial charge in [-0.15, -0.1) is 0 Å². The number of aliphatic hydroxyl groups is 1. The third kappa shape index (κ3) is 3.80. The average molecular weight is 249 g/mol. The molecule has 18 heavy (non-hydrogen) atoms.